The van der Waals surface area contributed by atoms with Gasteiger partial charge in [0.05, 0.1) is 27.6 Å². The smallest absolute Gasteiger partial charge is 0.274 e. The van der Waals surface area contributed by atoms with Crippen molar-refractivity contribution in [3.8, 4) is 5.69 Å². The van der Waals surface area contributed by atoms with Crippen LogP contribution in [0, 0.1) is 6.92 Å². The molecule has 30 heavy (non-hydrogen) atoms. The van der Waals surface area contributed by atoms with Crippen LogP contribution >= 0.6 is 11.3 Å². The molecule has 0 bridgehead atoms. The van der Waals surface area contributed by atoms with Crippen LogP contribution in [0.15, 0.2) is 48.8 Å². The van der Waals surface area contributed by atoms with E-state index in [1.54, 1.807) is 28.6 Å². The minimum absolute atomic E-state index is 0.0882. The average molecular weight is 421 g/mol. The molecule has 7 nitrogen and oxygen atoms in total. The molecule has 0 fully saturated rings. The first-order valence-electron chi connectivity index (χ1n) is 10.0. The molecule has 3 aromatic heterocycles. The van der Waals surface area contributed by atoms with E-state index in [0.717, 1.165) is 35.5 Å². The van der Waals surface area contributed by atoms with Crippen molar-refractivity contribution in [1.29, 1.82) is 0 Å². The highest BCUT2D eigenvalue weighted by Crippen LogP contribution is 2.24. The highest BCUT2D eigenvalue weighted by molar-refractivity contribution is 7.18. The van der Waals surface area contributed by atoms with Crippen molar-refractivity contribution in [1.82, 2.24) is 29.9 Å². The number of thiazole rings is 1. The number of nitrogens with zero attached hydrogens (tertiary/aromatic N) is 6. The van der Waals surface area contributed by atoms with Crippen molar-refractivity contribution in [3.05, 3.63) is 65.2 Å². The number of rotatable bonds is 7. The number of hydrogen-bond donors (Lipinski definition) is 0. The molecule has 0 aliphatic rings. The molecule has 154 valence electrons. The van der Waals surface area contributed by atoms with Crippen molar-refractivity contribution < 1.29 is 4.79 Å². The van der Waals surface area contributed by atoms with Gasteiger partial charge in [0.2, 0.25) is 0 Å². The zero-order valence-corrected chi connectivity index (χ0v) is 18.1. The fraction of sp³-hybridized carbons (Fsp3) is 0.318. The highest BCUT2D eigenvalue weighted by atomic mass is 32.1. The number of carbonyl (C=O) groups excluding carboxylic acids is 1. The van der Waals surface area contributed by atoms with E-state index in [1.807, 2.05) is 44.3 Å². The molecule has 8 heteroatoms. The molecule has 1 amide bonds. The SMILES string of the molecule is CC[C@@H](CCc1nc2ccccc2s1)N(C)C(=O)c1nc(C)ccc1-n1nccn1. The molecule has 4 aromatic rings. The number of carbonyl (C=O) groups is 1. The Bertz CT molecular complexity index is 1120. The predicted molar refractivity (Wildman–Crippen MR) is 118 cm³/mol. The van der Waals surface area contributed by atoms with Crippen LogP contribution < -0.4 is 0 Å². The molecule has 0 aliphatic heterocycles. The summed E-state index contributed by atoms with van der Waals surface area (Å²) in [6, 6.07) is 12.0. The standard InChI is InChI=1S/C22H24N6OS/c1-4-16(10-12-20-26-17-7-5-6-8-19(17)30-20)27(3)22(29)21-18(11-9-15(2)25-21)28-23-13-14-24-28/h5-9,11,13-14,16H,4,10,12H2,1-3H3/t16-/m0/s1. The number of aryl methyl sites for hydroxylation is 2. The minimum Gasteiger partial charge on any atom is -0.337 e. The molecular weight excluding hydrogens is 396 g/mol. The van der Waals surface area contributed by atoms with Crippen LogP contribution in [0.25, 0.3) is 15.9 Å². The lowest BCUT2D eigenvalue weighted by molar-refractivity contribution is 0.0713. The third-order valence-electron chi connectivity index (χ3n) is 5.22. The number of para-hydroxylation sites is 1. The van der Waals surface area contributed by atoms with E-state index in [1.165, 1.54) is 9.50 Å². The number of pyridine rings is 1. The molecule has 0 aliphatic carbocycles. The van der Waals surface area contributed by atoms with Gasteiger partial charge < -0.3 is 4.90 Å². The van der Waals surface area contributed by atoms with Gasteiger partial charge in [0.15, 0.2) is 5.69 Å². The number of hydrogen-bond acceptors (Lipinski definition) is 6. The monoisotopic (exact) mass is 420 g/mol. The number of aromatic nitrogens is 5. The summed E-state index contributed by atoms with van der Waals surface area (Å²) in [4.78, 5) is 25.8. The maximum Gasteiger partial charge on any atom is 0.274 e. The first-order valence-corrected chi connectivity index (χ1v) is 10.8. The molecule has 0 radical (unpaired) electrons. The number of amides is 1. The highest BCUT2D eigenvalue weighted by Gasteiger charge is 2.25. The van der Waals surface area contributed by atoms with Crippen LogP contribution in [0.2, 0.25) is 0 Å². The van der Waals surface area contributed by atoms with Gasteiger partial charge in [-0.1, -0.05) is 19.1 Å². The van der Waals surface area contributed by atoms with Crippen molar-refractivity contribution in [2.45, 2.75) is 39.2 Å². The molecule has 0 saturated heterocycles. The predicted octanol–water partition coefficient (Wildman–Crippen LogP) is 4.06. The Morgan fingerprint density at radius 1 is 1.13 bits per heavy atom. The van der Waals surface area contributed by atoms with Crippen LogP contribution in [0.3, 0.4) is 0 Å². The Labute approximate surface area is 179 Å². The van der Waals surface area contributed by atoms with Crippen molar-refractivity contribution >= 4 is 27.5 Å². The lowest BCUT2D eigenvalue weighted by atomic mass is 10.1. The Balaban J connectivity index is 1.52. The van der Waals surface area contributed by atoms with E-state index in [-0.39, 0.29) is 11.9 Å². The summed E-state index contributed by atoms with van der Waals surface area (Å²) in [6.45, 7) is 3.98. The second-order valence-electron chi connectivity index (χ2n) is 7.23. The Morgan fingerprint density at radius 3 is 2.63 bits per heavy atom. The fourth-order valence-electron chi connectivity index (χ4n) is 3.53. The van der Waals surface area contributed by atoms with Gasteiger partial charge in [-0.15, -0.1) is 16.1 Å². The van der Waals surface area contributed by atoms with Crippen molar-refractivity contribution in [3.63, 3.8) is 0 Å². The van der Waals surface area contributed by atoms with Gasteiger partial charge in [0.25, 0.3) is 5.91 Å². The van der Waals surface area contributed by atoms with Crippen LogP contribution in [-0.2, 0) is 6.42 Å². The molecule has 4 rings (SSSR count). The molecule has 0 N–H and O–H groups in total. The maximum absolute atomic E-state index is 13.3. The van der Waals surface area contributed by atoms with Gasteiger partial charge in [-0.25, -0.2) is 9.97 Å². The summed E-state index contributed by atoms with van der Waals surface area (Å²) >= 11 is 1.72. The van der Waals surface area contributed by atoms with Crippen LogP contribution in [0.5, 0.6) is 0 Å². The number of fused-ring (bicyclic) bond motifs is 1. The molecule has 1 aromatic carbocycles. The number of benzene rings is 1. The summed E-state index contributed by atoms with van der Waals surface area (Å²) in [6.07, 6.45) is 5.72. The van der Waals surface area contributed by atoms with Crippen molar-refractivity contribution in [2.75, 3.05) is 7.05 Å². The molecule has 1 atom stereocenters. The quantitative estimate of drug-likeness (QED) is 0.451. The van der Waals surface area contributed by atoms with E-state index in [2.05, 4.69) is 28.2 Å². The van der Waals surface area contributed by atoms with Gasteiger partial charge >= 0.3 is 0 Å². The van der Waals surface area contributed by atoms with Gasteiger partial charge in [0.1, 0.15) is 5.69 Å². The van der Waals surface area contributed by atoms with E-state index < -0.39 is 0 Å². The largest absolute Gasteiger partial charge is 0.337 e. The van der Waals surface area contributed by atoms with Gasteiger partial charge in [-0.05, 0) is 44.0 Å². The molecular formula is C22H24N6OS. The van der Waals surface area contributed by atoms with Gasteiger partial charge in [-0.2, -0.15) is 10.2 Å². The van der Waals surface area contributed by atoms with Gasteiger partial charge in [-0.3, -0.25) is 4.79 Å². The van der Waals surface area contributed by atoms with Crippen LogP contribution in [0.1, 0.15) is 41.0 Å². The molecule has 0 unspecified atom stereocenters. The van der Waals surface area contributed by atoms with Gasteiger partial charge in [0, 0.05) is 25.2 Å². The molecule has 0 saturated carbocycles. The summed E-state index contributed by atoms with van der Waals surface area (Å²) in [5.41, 5.74) is 2.77. The lowest BCUT2D eigenvalue weighted by Crippen LogP contribution is -2.38. The summed E-state index contributed by atoms with van der Waals surface area (Å²) < 4.78 is 1.20. The maximum atomic E-state index is 13.3. The minimum atomic E-state index is -0.123. The zero-order valence-electron chi connectivity index (χ0n) is 17.3. The fourth-order valence-corrected chi connectivity index (χ4v) is 4.51. The van der Waals surface area contributed by atoms with E-state index in [4.69, 9.17) is 4.98 Å². The second-order valence-corrected chi connectivity index (χ2v) is 8.35. The summed E-state index contributed by atoms with van der Waals surface area (Å²) in [5, 5.41) is 9.44. The zero-order chi connectivity index (χ0) is 21.1. The summed E-state index contributed by atoms with van der Waals surface area (Å²) in [5.74, 6) is -0.123. The van der Waals surface area contributed by atoms with Crippen LogP contribution in [0.4, 0.5) is 0 Å². The van der Waals surface area contributed by atoms with Crippen molar-refractivity contribution in [2.24, 2.45) is 0 Å². The average Bonchev–Trinajstić information content (AvgIpc) is 3.43. The second kappa shape index (κ2) is 8.71. The van der Waals surface area contributed by atoms with E-state index in [0.29, 0.717) is 11.4 Å². The molecule has 3 heterocycles. The molecule has 0 spiro atoms. The third kappa shape index (κ3) is 4.09. The summed E-state index contributed by atoms with van der Waals surface area (Å²) in [7, 11) is 1.85. The topological polar surface area (TPSA) is 76.8 Å². The van der Waals surface area contributed by atoms with E-state index >= 15 is 0 Å². The lowest BCUT2D eigenvalue weighted by Gasteiger charge is -2.27. The Morgan fingerprint density at radius 2 is 1.90 bits per heavy atom. The Kier molecular flexibility index (Phi) is 5.85. The third-order valence-corrected chi connectivity index (χ3v) is 6.32. The normalized spacial score (nSPS) is 12.2. The first-order chi connectivity index (χ1) is 14.6. The van der Waals surface area contributed by atoms with Crippen LogP contribution in [-0.4, -0.2) is 48.9 Å². The Hall–Kier alpha value is -3.13. The first kappa shape index (κ1) is 20.2. The van der Waals surface area contributed by atoms with E-state index in [9.17, 15) is 4.79 Å².